The standard InChI is InChI=1S/C21H23N3O3/c1-23-12-21(27-11-19(23)25)8-9-24(13-21)20(26)16-10-18(14-6-7-14)22-17-5-3-2-4-15(16)17/h2-5,10,14H,6-9,11-13H2,1H3/t21-/m1/s1. The Morgan fingerprint density at radius 1 is 1.26 bits per heavy atom. The van der Waals surface area contributed by atoms with Crippen molar-refractivity contribution in [2.24, 2.45) is 0 Å². The fourth-order valence-corrected chi connectivity index (χ4v) is 4.29. The van der Waals surface area contributed by atoms with E-state index in [4.69, 9.17) is 9.72 Å². The summed E-state index contributed by atoms with van der Waals surface area (Å²) in [6.45, 7) is 1.82. The van der Waals surface area contributed by atoms with Gasteiger partial charge in [0, 0.05) is 30.6 Å². The third-order valence-corrected chi connectivity index (χ3v) is 6.02. The third-order valence-electron chi connectivity index (χ3n) is 6.02. The lowest BCUT2D eigenvalue weighted by molar-refractivity contribution is -0.158. The van der Waals surface area contributed by atoms with Crippen molar-refractivity contribution in [1.29, 1.82) is 0 Å². The van der Waals surface area contributed by atoms with Crippen molar-refractivity contribution in [3.8, 4) is 0 Å². The van der Waals surface area contributed by atoms with Crippen LogP contribution in [0.2, 0.25) is 0 Å². The Bertz CT molecular complexity index is 939. The predicted octanol–water partition coefficient (Wildman–Crippen LogP) is 2.19. The summed E-state index contributed by atoms with van der Waals surface area (Å²) >= 11 is 0. The lowest BCUT2D eigenvalue weighted by Crippen LogP contribution is -2.54. The minimum atomic E-state index is -0.430. The van der Waals surface area contributed by atoms with E-state index in [1.54, 1.807) is 11.9 Å². The van der Waals surface area contributed by atoms with Gasteiger partial charge in [0.15, 0.2) is 0 Å². The van der Waals surface area contributed by atoms with E-state index >= 15 is 0 Å². The molecule has 27 heavy (non-hydrogen) atoms. The molecule has 3 aliphatic rings. The maximum absolute atomic E-state index is 13.4. The van der Waals surface area contributed by atoms with Gasteiger partial charge in [-0.15, -0.1) is 0 Å². The Hall–Kier alpha value is -2.47. The number of fused-ring (bicyclic) bond motifs is 1. The molecular weight excluding hydrogens is 342 g/mol. The van der Waals surface area contributed by atoms with Gasteiger partial charge in [-0.3, -0.25) is 14.6 Å². The largest absolute Gasteiger partial charge is 0.361 e. The number of hydrogen-bond donors (Lipinski definition) is 0. The van der Waals surface area contributed by atoms with Gasteiger partial charge in [-0.2, -0.15) is 0 Å². The van der Waals surface area contributed by atoms with Crippen LogP contribution in [-0.2, 0) is 9.53 Å². The second kappa shape index (κ2) is 6.02. The number of pyridine rings is 1. The van der Waals surface area contributed by atoms with Gasteiger partial charge in [0.2, 0.25) is 5.91 Å². The van der Waals surface area contributed by atoms with Crippen molar-refractivity contribution in [2.45, 2.75) is 30.8 Å². The highest BCUT2D eigenvalue weighted by molar-refractivity contribution is 6.06. The van der Waals surface area contributed by atoms with E-state index in [1.807, 2.05) is 35.2 Å². The van der Waals surface area contributed by atoms with E-state index < -0.39 is 5.60 Å². The number of morpholine rings is 1. The van der Waals surface area contributed by atoms with E-state index in [2.05, 4.69) is 0 Å². The summed E-state index contributed by atoms with van der Waals surface area (Å²) in [5.41, 5.74) is 2.23. The van der Waals surface area contributed by atoms with Gasteiger partial charge in [0.1, 0.15) is 12.2 Å². The van der Waals surface area contributed by atoms with E-state index in [9.17, 15) is 9.59 Å². The summed E-state index contributed by atoms with van der Waals surface area (Å²) in [6, 6.07) is 9.86. The number of carbonyl (C=O) groups excluding carboxylic acids is 2. The molecule has 2 amide bonds. The Labute approximate surface area is 158 Å². The molecule has 0 bridgehead atoms. The predicted molar refractivity (Wildman–Crippen MR) is 101 cm³/mol. The Balaban J connectivity index is 1.45. The van der Waals surface area contributed by atoms with E-state index in [1.165, 1.54) is 0 Å². The van der Waals surface area contributed by atoms with Crippen molar-refractivity contribution in [3.63, 3.8) is 0 Å². The molecule has 1 aliphatic carbocycles. The number of aromatic nitrogens is 1. The topological polar surface area (TPSA) is 62.7 Å². The normalized spacial score (nSPS) is 25.6. The zero-order valence-corrected chi connectivity index (χ0v) is 15.5. The summed E-state index contributed by atoms with van der Waals surface area (Å²) in [6.07, 6.45) is 3.06. The van der Waals surface area contributed by atoms with Crippen molar-refractivity contribution >= 4 is 22.7 Å². The van der Waals surface area contributed by atoms with Gasteiger partial charge < -0.3 is 14.5 Å². The van der Waals surface area contributed by atoms with Crippen LogP contribution in [0.15, 0.2) is 30.3 Å². The van der Waals surface area contributed by atoms with Gasteiger partial charge in [0.25, 0.3) is 5.91 Å². The molecule has 3 fully saturated rings. The van der Waals surface area contributed by atoms with Crippen molar-refractivity contribution < 1.29 is 14.3 Å². The molecule has 1 aromatic carbocycles. The Kier molecular flexibility index (Phi) is 3.72. The molecule has 1 spiro atoms. The van der Waals surface area contributed by atoms with E-state index in [-0.39, 0.29) is 18.4 Å². The summed E-state index contributed by atoms with van der Waals surface area (Å²) in [4.78, 5) is 33.5. The summed E-state index contributed by atoms with van der Waals surface area (Å²) in [7, 11) is 1.80. The van der Waals surface area contributed by atoms with Crippen LogP contribution in [-0.4, -0.2) is 65.5 Å². The maximum atomic E-state index is 13.4. The smallest absolute Gasteiger partial charge is 0.254 e. The number of likely N-dealkylation sites (N-methyl/N-ethyl adjacent to an activating group) is 1. The second-order valence-electron chi connectivity index (χ2n) is 8.08. The highest BCUT2D eigenvalue weighted by Gasteiger charge is 2.45. The maximum Gasteiger partial charge on any atom is 0.254 e. The number of carbonyl (C=O) groups is 2. The van der Waals surface area contributed by atoms with Crippen LogP contribution in [0.4, 0.5) is 0 Å². The molecule has 0 N–H and O–H groups in total. The van der Waals surface area contributed by atoms with Crippen LogP contribution >= 0.6 is 0 Å². The molecule has 0 radical (unpaired) electrons. The number of para-hydroxylation sites is 1. The van der Waals surface area contributed by atoms with Gasteiger partial charge in [-0.1, -0.05) is 18.2 Å². The molecule has 5 rings (SSSR count). The lowest BCUT2D eigenvalue weighted by atomic mass is 10.0. The molecular formula is C21H23N3O3. The molecule has 1 aromatic heterocycles. The molecule has 6 nitrogen and oxygen atoms in total. The molecule has 140 valence electrons. The van der Waals surface area contributed by atoms with E-state index in [0.717, 1.165) is 41.4 Å². The molecule has 1 saturated carbocycles. The van der Waals surface area contributed by atoms with Crippen LogP contribution in [0, 0.1) is 0 Å². The fourth-order valence-electron chi connectivity index (χ4n) is 4.29. The van der Waals surface area contributed by atoms with Crippen LogP contribution in [0.1, 0.15) is 41.2 Å². The zero-order chi connectivity index (χ0) is 18.6. The molecule has 3 heterocycles. The molecule has 2 aromatic rings. The van der Waals surface area contributed by atoms with Gasteiger partial charge in [-0.05, 0) is 31.4 Å². The summed E-state index contributed by atoms with van der Waals surface area (Å²) in [5, 5.41) is 0.907. The summed E-state index contributed by atoms with van der Waals surface area (Å²) in [5.74, 6) is 0.530. The van der Waals surface area contributed by atoms with Crippen molar-refractivity contribution in [2.75, 3.05) is 33.3 Å². The SMILES string of the molecule is CN1C[C@@]2(CCN(C(=O)c3cc(C4CC4)nc4ccccc34)C2)OCC1=O. The fraction of sp³-hybridized carbons (Fsp3) is 0.476. The van der Waals surface area contributed by atoms with Gasteiger partial charge >= 0.3 is 0 Å². The van der Waals surface area contributed by atoms with Gasteiger partial charge in [-0.25, -0.2) is 0 Å². The highest BCUT2D eigenvalue weighted by Crippen LogP contribution is 2.40. The van der Waals surface area contributed by atoms with Crippen molar-refractivity contribution in [1.82, 2.24) is 14.8 Å². The molecule has 6 heteroatoms. The second-order valence-corrected chi connectivity index (χ2v) is 8.08. The number of likely N-dealkylation sites (tertiary alicyclic amines) is 1. The van der Waals surface area contributed by atoms with Crippen LogP contribution in [0.25, 0.3) is 10.9 Å². The first kappa shape index (κ1) is 16.7. The average molecular weight is 365 g/mol. The number of hydrogen-bond acceptors (Lipinski definition) is 4. The Morgan fingerprint density at radius 2 is 2.07 bits per heavy atom. The first-order valence-electron chi connectivity index (χ1n) is 9.62. The average Bonchev–Trinajstić information content (AvgIpc) is 3.45. The lowest BCUT2D eigenvalue weighted by Gasteiger charge is -2.38. The van der Waals surface area contributed by atoms with Gasteiger partial charge in [0.05, 0.1) is 24.2 Å². The summed E-state index contributed by atoms with van der Waals surface area (Å²) < 4.78 is 5.89. The first-order chi connectivity index (χ1) is 13.0. The zero-order valence-electron chi connectivity index (χ0n) is 15.5. The number of benzene rings is 1. The molecule has 2 saturated heterocycles. The minimum absolute atomic E-state index is 0.000366. The molecule has 2 aliphatic heterocycles. The van der Waals surface area contributed by atoms with E-state index in [0.29, 0.717) is 25.6 Å². The third kappa shape index (κ3) is 2.88. The molecule has 1 atom stereocenters. The number of amides is 2. The minimum Gasteiger partial charge on any atom is -0.361 e. The highest BCUT2D eigenvalue weighted by atomic mass is 16.5. The quantitative estimate of drug-likeness (QED) is 0.818. The number of ether oxygens (including phenoxy) is 1. The Morgan fingerprint density at radius 3 is 2.85 bits per heavy atom. The van der Waals surface area contributed by atoms with Crippen LogP contribution < -0.4 is 0 Å². The van der Waals surface area contributed by atoms with Crippen molar-refractivity contribution in [3.05, 3.63) is 41.6 Å². The molecule has 0 unspecified atom stereocenters. The first-order valence-corrected chi connectivity index (χ1v) is 9.62. The number of nitrogens with zero attached hydrogens (tertiary/aromatic N) is 3. The number of rotatable bonds is 2. The monoisotopic (exact) mass is 365 g/mol. The van der Waals surface area contributed by atoms with Crippen LogP contribution in [0.3, 0.4) is 0 Å². The van der Waals surface area contributed by atoms with Crippen LogP contribution in [0.5, 0.6) is 0 Å².